The van der Waals surface area contributed by atoms with Gasteiger partial charge in [-0.2, -0.15) is 0 Å². The zero-order valence-electron chi connectivity index (χ0n) is 9.31. The fourth-order valence-corrected chi connectivity index (χ4v) is 3.71. The van der Waals surface area contributed by atoms with Gasteiger partial charge >= 0.3 is 0 Å². The van der Waals surface area contributed by atoms with Gasteiger partial charge in [-0.3, -0.25) is 0 Å². The molecule has 1 aromatic carbocycles. The van der Waals surface area contributed by atoms with Gasteiger partial charge in [0.2, 0.25) is 0 Å². The van der Waals surface area contributed by atoms with Crippen LogP contribution in [0.4, 0.5) is 0 Å². The molecule has 0 N–H and O–H groups in total. The number of sulfone groups is 1. The zero-order chi connectivity index (χ0) is 12.2. The summed E-state index contributed by atoms with van der Waals surface area (Å²) in [4.78, 5) is 0.269. The third kappa shape index (κ3) is 3.22. The fraction of sp³-hybridized carbons (Fsp3) is 0.455. The minimum Gasteiger partial charge on any atom is -0.495 e. The molecule has 0 aliphatic carbocycles. The van der Waals surface area contributed by atoms with E-state index in [-0.39, 0.29) is 16.6 Å². The zero-order valence-corrected chi connectivity index (χ0v) is 11.7. The standard InChI is InChI=1S/C11H15BrO3S/c1-9(7-12)8-16(13,14)11-6-4-3-5-10(11)15-2/h3-6,9H,7-8H2,1-2H3. The second-order valence-electron chi connectivity index (χ2n) is 3.69. The molecule has 0 aliphatic rings. The smallest absolute Gasteiger partial charge is 0.182 e. The molecule has 0 aliphatic heterocycles. The summed E-state index contributed by atoms with van der Waals surface area (Å²) in [5.41, 5.74) is 0. The third-order valence-electron chi connectivity index (χ3n) is 2.17. The predicted octanol–water partition coefficient (Wildman–Crippen LogP) is 2.50. The van der Waals surface area contributed by atoms with Crippen molar-refractivity contribution in [1.82, 2.24) is 0 Å². The number of ether oxygens (including phenoxy) is 1. The first-order chi connectivity index (χ1) is 7.51. The van der Waals surface area contributed by atoms with Crippen LogP contribution in [0.25, 0.3) is 0 Å². The second kappa shape index (κ2) is 5.68. The Morgan fingerprint density at radius 1 is 1.38 bits per heavy atom. The van der Waals surface area contributed by atoms with Gasteiger partial charge in [0.05, 0.1) is 12.9 Å². The molecule has 0 radical (unpaired) electrons. The molecule has 3 nitrogen and oxygen atoms in total. The number of alkyl halides is 1. The molecular weight excluding hydrogens is 292 g/mol. The van der Waals surface area contributed by atoms with Gasteiger partial charge in [0.15, 0.2) is 9.84 Å². The Hall–Kier alpha value is -0.550. The van der Waals surface area contributed by atoms with Crippen LogP contribution in [-0.2, 0) is 9.84 Å². The van der Waals surface area contributed by atoms with Crippen LogP contribution >= 0.6 is 15.9 Å². The summed E-state index contributed by atoms with van der Waals surface area (Å²) in [6, 6.07) is 6.70. The lowest BCUT2D eigenvalue weighted by molar-refractivity contribution is 0.402. The molecule has 90 valence electrons. The second-order valence-corrected chi connectivity index (χ2v) is 6.34. The van der Waals surface area contributed by atoms with Crippen LogP contribution in [0.5, 0.6) is 5.75 Å². The SMILES string of the molecule is COc1ccccc1S(=O)(=O)CC(C)CBr. The fourth-order valence-electron chi connectivity index (χ4n) is 1.38. The van der Waals surface area contributed by atoms with E-state index in [1.165, 1.54) is 7.11 Å². The number of hydrogen-bond donors (Lipinski definition) is 0. The highest BCUT2D eigenvalue weighted by atomic mass is 79.9. The molecule has 16 heavy (non-hydrogen) atoms. The Kier molecular flexibility index (Phi) is 4.80. The van der Waals surface area contributed by atoms with E-state index < -0.39 is 9.84 Å². The summed E-state index contributed by atoms with van der Waals surface area (Å²) in [7, 11) is -1.79. The summed E-state index contributed by atoms with van der Waals surface area (Å²) in [5, 5.41) is 0.668. The largest absolute Gasteiger partial charge is 0.495 e. The monoisotopic (exact) mass is 306 g/mol. The number of hydrogen-bond acceptors (Lipinski definition) is 3. The van der Waals surface area contributed by atoms with Crippen LogP contribution in [0.2, 0.25) is 0 Å². The van der Waals surface area contributed by atoms with Crippen molar-refractivity contribution in [2.24, 2.45) is 5.92 Å². The van der Waals surface area contributed by atoms with Crippen LogP contribution in [0, 0.1) is 5.92 Å². The van der Waals surface area contributed by atoms with Crippen LogP contribution in [-0.4, -0.2) is 26.6 Å². The number of halogens is 1. The van der Waals surface area contributed by atoms with E-state index in [1.54, 1.807) is 24.3 Å². The molecule has 0 fully saturated rings. The highest BCUT2D eigenvalue weighted by molar-refractivity contribution is 9.09. The van der Waals surface area contributed by atoms with Gasteiger partial charge in [0.25, 0.3) is 0 Å². The molecule has 0 bridgehead atoms. The molecule has 0 saturated heterocycles. The first-order valence-corrected chi connectivity index (χ1v) is 7.70. The molecule has 1 atom stereocenters. The normalized spacial score (nSPS) is 13.4. The highest BCUT2D eigenvalue weighted by Crippen LogP contribution is 2.25. The van der Waals surface area contributed by atoms with Gasteiger partial charge in [0, 0.05) is 5.33 Å². The molecular formula is C11H15BrO3S. The van der Waals surface area contributed by atoms with Gasteiger partial charge in [0.1, 0.15) is 10.6 Å². The van der Waals surface area contributed by atoms with Crippen molar-refractivity contribution in [3.63, 3.8) is 0 Å². The Labute approximate surface area is 105 Å². The van der Waals surface area contributed by atoms with Crippen molar-refractivity contribution in [1.29, 1.82) is 0 Å². The van der Waals surface area contributed by atoms with Crippen molar-refractivity contribution in [2.75, 3.05) is 18.2 Å². The molecule has 1 rings (SSSR count). The van der Waals surface area contributed by atoms with Gasteiger partial charge in [-0.25, -0.2) is 8.42 Å². The Morgan fingerprint density at radius 3 is 2.56 bits per heavy atom. The number of rotatable bonds is 5. The summed E-state index contributed by atoms with van der Waals surface area (Å²) >= 11 is 3.28. The van der Waals surface area contributed by atoms with E-state index in [1.807, 2.05) is 6.92 Å². The molecule has 0 heterocycles. The molecule has 1 unspecified atom stereocenters. The maximum Gasteiger partial charge on any atom is 0.182 e. The van der Waals surface area contributed by atoms with Crippen molar-refractivity contribution in [3.8, 4) is 5.75 Å². The highest BCUT2D eigenvalue weighted by Gasteiger charge is 2.21. The van der Waals surface area contributed by atoms with E-state index in [2.05, 4.69) is 15.9 Å². The van der Waals surface area contributed by atoms with Crippen molar-refractivity contribution < 1.29 is 13.2 Å². The first-order valence-electron chi connectivity index (χ1n) is 4.93. The van der Waals surface area contributed by atoms with Crippen molar-refractivity contribution in [3.05, 3.63) is 24.3 Å². The lowest BCUT2D eigenvalue weighted by Gasteiger charge is -2.11. The van der Waals surface area contributed by atoms with Gasteiger partial charge in [-0.15, -0.1) is 0 Å². The summed E-state index contributed by atoms with van der Waals surface area (Å²) < 4.78 is 29.2. The average molecular weight is 307 g/mol. The molecule has 1 aromatic rings. The minimum absolute atomic E-state index is 0.0786. The maximum atomic E-state index is 12.1. The predicted molar refractivity (Wildman–Crippen MR) is 68.0 cm³/mol. The van der Waals surface area contributed by atoms with E-state index in [0.717, 1.165) is 0 Å². The molecule has 5 heteroatoms. The van der Waals surface area contributed by atoms with Gasteiger partial charge in [-0.05, 0) is 18.1 Å². The lowest BCUT2D eigenvalue weighted by Crippen LogP contribution is -2.15. The van der Waals surface area contributed by atoms with Crippen molar-refractivity contribution in [2.45, 2.75) is 11.8 Å². The Bertz CT molecular complexity index is 442. The lowest BCUT2D eigenvalue weighted by atomic mass is 10.3. The molecule has 0 saturated carbocycles. The summed E-state index contributed by atoms with van der Waals surface area (Å²) in [6.45, 7) is 1.89. The number of para-hydroxylation sites is 1. The van der Waals surface area contributed by atoms with E-state index in [9.17, 15) is 8.42 Å². The molecule has 0 aromatic heterocycles. The van der Waals surface area contributed by atoms with Crippen LogP contribution in [0.3, 0.4) is 0 Å². The summed E-state index contributed by atoms with van der Waals surface area (Å²) in [5.74, 6) is 0.609. The average Bonchev–Trinajstić information content (AvgIpc) is 2.28. The van der Waals surface area contributed by atoms with Crippen LogP contribution < -0.4 is 4.74 Å². The summed E-state index contributed by atoms with van der Waals surface area (Å²) in [6.07, 6.45) is 0. The van der Waals surface area contributed by atoms with Crippen LogP contribution in [0.1, 0.15) is 6.92 Å². The van der Waals surface area contributed by atoms with Gasteiger partial charge < -0.3 is 4.74 Å². The van der Waals surface area contributed by atoms with Crippen molar-refractivity contribution >= 4 is 25.8 Å². The number of benzene rings is 1. The number of methoxy groups -OCH3 is 1. The topological polar surface area (TPSA) is 43.4 Å². The van der Waals surface area contributed by atoms with Crippen LogP contribution in [0.15, 0.2) is 29.2 Å². The molecule has 0 spiro atoms. The minimum atomic E-state index is -3.27. The third-order valence-corrected chi connectivity index (χ3v) is 5.29. The van der Waals surface area contributed by atoms with E-state index >= 15 is 0 Å². The Balaban J connectivity index is 3.07. The van der Waals surface area contributed by atoms with E-state index in [4.69, 9.17) is 4.74 Å². The first kappa shape index (κ1) is 13.5. The Morgan fingerprint density at radius 2 is 2.00 bits per heavy atom. The quantitative estimate of drug-likeness (QED) is 0.785. The molecule has 0 amide bonds. The van der Waals surface area contributed by atoms with Gasteiger partial charge in [-0.1, -0.05) is 35.0 Å². The van der Waals surface area contributed by atoms with E-state index in [0.29, 0.717) is 11.1 Å². The maximum absolute atomic E-state index is 12.1.